The Kier molecular flexibility index (Phi) is 8.25. The highest BCUT2D eigenvalue weighted by molar-refractivity contribution is 7.09. The van der Waals surface area contributed by atoms with Gasteiger partial charge in [-0.3, -0.25) is 4.99 Å². The molecular weight excluding hydrogens is 256 g/mol. The molecule has 1 heterocycles. The average Bonchev–Trinajstić information content (AvgIpc) is 2.95. The van der Waals surface area contributed by atoms with Crippen LogP contribution < -0.4 is 10.6 Å². The molecule has 1 rings (SSSR count). The van der Waals surface area contributed by atoms with Gasteiger partial charge in [-0.1, -0.05) is 19.9 Å². The topological polar surface area (TPSA) is 39.7 Å². The van der Waals surface area contributed by atoms with Gasteiger partial charge < -0.3 is 15.5 Å². The second-order valence-corrected chi connectivity index (χ2v) is 5.31. The Morgan fingerprint density at radius 1 is 1.26 bits per heavy atom. The zero-order chi connectivity index (χ0) is 13.9. The van der Waals surface area contributed by atoms with Crippen molar-refractivity contribution in [3.8, 4) is 0 Å². The summed E-state index contributed by atoms with van der Waals surface area (Å²) in [5.74, 6) is 0.892. The largest absolute Gasteiger partial charge is 0.356 e. The fourth-order valence-electron chi connectivity index (χ4n) is 1.85. The van der Waals surface area contributed by atoms with Gasteiger partial charge in [-0.15, -0.1) is 11.3 Å². The van der Waals surface area contributed by atoms with E-state index < -0.39 is 0 Å². The molecule has 0 unspecified atom stereocenters. The highest BCUT2D eigenvalue weighted by atomic mass is 32.1. The van der Waals surface area contributed by atoms with E-state index in [1.807, 2.05) is 7.05 Å². The lowest BCUT2D eigenvalue weighted by molar-refractivity contribution is 0.308. The van der Waals surface area contributed by atoms with Crippen LogP contribution in [0.5, 0.6) is 0 Å². The van der Waals surface area contributed by atoms with Crippen LogP contribution in [0.3, 0.4) is 0 Å². The van der Waals surface area contributed by atoms with Crippen molar-refractivity contribution in [1.29, 1.82) is 0 Å². The zero-order valence-corrected chi connectivity index (χ0v) is 13.1. The number of nitrogens with one attached hydrogen (secondary N) is 2. The molecule has 19 heavy (non-hydrogen) atoms. The molecule has 0 saturated carbocycles. The van der Waals surface area contributed by atoms with Crippen LogP contribution in [-0.4, -0.2) is 50.6 Å². The van der Waals surface area contributed by atoms with Crippen molar-refractivity contribution in [2.24, 2.45) is 4.99 Å². The van der Waals surface area contributed by atoms with Crippen molar-refractivity contribution in [3.63, 3.8) is 0 Å². The zero-order valence-electron chi connectivity index (χ0n) is 12.3. The molecule has 0 aliphatic rings. The van der Waals surface area contributed by atoms with Gasteiger partial charge in [0.15, 0.2) is 5.96 Å². The van der Waals surface area contributed by atoms with E-state index in [-0.39, 0.29) is 0 Å². The maximum Gasteiger partial charge on any atom is 0.191 e. The second-order valence-electron chi connectivity index (χ2n) is 4.28. The van der Waals surface area contributed by atoms with Crippen LogP contribution in [0, 0.1) is 0 Å². The van der Waals surface area contributed by atoms with E-state index in [9.17, 15) is 0 Å². The third-order valence-corrected chi connectivity index (χ3v) is 4.02. The Hall–Kier alpha value is -1.07. The number of hydrogen-bond acceptors (Lipinski definition) is 3. The first-order chi connectivity index (χ1) is 9.30. The van der Waals surface area contributed by atoms with E-state index >= 15 is 0 Å². The highest BCUT2D eigenvalue weighted by Crippen LogP contribution is 2.07. The summed E-state index contributed by atoms with van der Waals surface area (Å²) in [5.41, 5.74) is 0. The summed E-state index contributed by atoms with van der Waals surface area (Å²) in [6, 6.07) is 4.26. The maximum absolute atomic E-state index is 4.23. The molecule has 0 aromatic carbocycles. The van der Waals surface area contributed by atoms with Crippen molar-refractivity contribution in [2.75, 3.05) is 39.8 Å². The first-order valence-corrected chi connectivity index (χ1v) is 7.87. The predicted molar refractivity (Wildman–Crippen MR) is 85.2 cm³/mol. The highest BCUT2D eigenvalue weighted by Gasteiger charge is 2.01. The van der Waals surface area contributed by atoms with Gasteiger partial charge in [0, 0.05) is 31.6 Å². The monoisotopic (exact) mass is 282 g/mol. The van der Waals surface area contributed by atoms with Crippen LogP contribution in [0.4, 0.5) is 0 Å². The molecule has 0 bridgehead atoms. The van der Waals surface area contributed by atoms with Gasteiger partial charge in [0.1, 0.15) is 0 Å². The van der Waals surface area contributed by atoms with Crippen LogP contribution in [0.15, 0.2) is 22.5 Å². The second kappa shape index (κ2) is 9.81. The lowest BCUT2D eigenvalue weighted by Crippen LogP contribution is -2.42. The summed E-state index contributed by atoms with van der Waals surface area (Å²) in [6.45, 7) is 9.49. The molecule has 0 saturated heterocycles. The van der Waals surface area contributed by atoms with Crippen LogP contribution >= 0.6 is 11.3 Å². The van der Waals surface area contributed by atoms with Crippen molar-refractivity contribution in [1.82, 2.24) is 15.5 Å². The summed E-state index contributed by atoms with van der Waals surface area (Å²) in [7, 11) is 1.82. The van der Waals surface area contributed by atoms with Crippen LogP contribution in [0.2, 0.25) is 0 Å². The first-order valence-electron chi connectivity index (χ1n) is 6.99. The number of aliphatic imine (C=N–C) groups is 1. The molecule has 0 aliphatic heterocycles. The van der Waals surface area contributed by atoms with Crippen molar-refractivity contribution < 1.29 is 0 Å². The minimum Gasteiger partial charge on any atom is -0.356 e. The predicted octanol–water partition coefficient (Wildman–Crippen LogP) is 1.80. The van der Waals surface area contributed by atoms with Gasteiger partial charge in [0.05, 0.1) is 0 Å². The molecule has 0 spiro atoms. The molecule has 0 aliphatic carbocycles. The number of thiophene rings is 1. The third-order valence-electron chi connectivity index (χ3n) is 3.08. The van der Waals surface area contributed by atoms with Gasteiger partial charge in [-0.25, -0.2) is 0 Å². The Balaban J connectivity index is 2.15. The summed E-state index contributed by atoms with van der Waals surface area (Å²) in [5, 5.41) is 8.81. The van der Waals surface area contributed by atoms with Gasteiger partial charge >= 0.3 is 0 Å². The average molecular weight is 282 g/mol. The molecule has 1 aromatic rings. The maximum atomic E-state index is 4.23. The lowest BCUT2D eigenvalue weighted by atomic mass is 10.3. The molecular formula is C14H26N4S. The molecule has 108 valence electrons. The fourth-order valence-corrected chi connectivity index (χ4v) is 2.56. The minimum atomic E-state index is 0.892. The Morgan fingerprint density at radius 3 is 2.58 bits per heavy atom. The molecule has 0 atom stereocenters. The first kappa shape index (κ1) is 16.0. The smallest absolute Gasteiger partial charge is 0.191 e. The molecule has 1 aromatic heterocycles. The number of nitrogens with zero attached hydrogens (tertiary/aromatic N) is 2. The fraction of sp³-hybridized carbons (Fsp3) is 0.643. The van der Waals surface area contributed by atoms with Gasteiger partial charge in [0.25, 0.3) is 0 Å². The van der Waals surface area contributed by atoms with E-state index in [0.717, 1.165) is 45.1 Å². The van der Waals surface area contributed by atoms with E-state index in [4.69, 9.17) is 0 Å². The van der Waals surface area contributed by atoms with Crippen molar-refractivity contribution >= 4 is 17.3 Å². The Labute approximate surface area is 120 Å². The summed E-state index contributed by atoms with van der Waals surface area (Å²) in [4.78, 5) is 8.04. The molecule has 0 amide bonds. The molecule has 0 radical (unpaired) electrons. The molecule has 4 nitrogen and oxygen atoms in total. The van der Waals surface area contributed by atoms with Crippen LogP contribution in [0.1, 0.15) is 18.7 Å². The number of guanidine groups is 1. The number of rotatable bonds is 8. The van der Waals surface area contributed by atoms with Crippen LogP contribution in [-0.2, 0) is 6.42 Å². The van der Waals surface area contributed by atoms with E-state index in [1.54, 1.807) is 11.3 Å². The Morgan fingerprint density at radius 2 is 2.00 bits per heavy atom. The van der Waals surface area contributed by atoms with Gasteiger partial charge in [0.2, 0.25) is 0 Å². The quantitative estimate of drug-likeness (QED) is 0.564. The van der Waals surface area contributed by atoms with E-state index in [2.05, 4.69) is 51.9 Å². The Bertz CT molecular complexity index is 344. The SMILES string of the molecule is CCN(CC)CCNC(=NC)NCCc1cccs1. The number of likely N-dealkylation sites (N-methyl/N-ethyl adjacent to an activating group) is 1. The molecule has 5 heteroatoms. The number of hydrogen-bond donors (Lipinski definition) is 2. The summed E-state index contributed by atoms with van der Waals surface area (Å²) in [6.07, 6.45) is 1.05. The summed E-state index contributed by atoms with van der Waals surface area (Å²) >= 11 is 1.80. The summed E-state index contributed by atoms with van der Waals surface area (Å²) < 4.78 is 0. The lowest BCUT2D eigenvalue weighted by Gasteiger charge is -2.19. The van der Waals surface area contributed by atoms with Gasteiger partial charge in [-0.2, -0.15) is 0 Å². The van der Waals surface area contributed by atoms with Gasteiger partial charge in [-0.05, 0) is 31.0 Å². The van der Waals surface area contributed by atoms with Crippen molar-refractivity contribution in [2.45, 2.75) is 20.3 Å². The van der Waals surface area contributed by atoms with Crippen molar-refractivity contribution in [3.05, 3.63) is 22.4 Å². The standard InChI is InChI=1S/C14H26N4S/c1-4-18(5-2)11-10-17-14(15-3)16-9-8-13-7-6-12-19-13/h6-7,12H,4-5,8-11H2,1-3H3,(H2,15,16,17). The normalized spacial score (nSPS) is 11.9. The molecule has 0 fully saturated rings. The van der Waals surface area contributed by atoms with Crippen LogP contribution in [0.25, 0.3) is 0 Å². The van der Waals surface area contributed by atoms with E-state index in [0.29, 0.717) is 0 Å². The minimum absolute atomic E-state index is 0.892. The molecule has 2 N–H and O–H groups in total. The third kappa shape index (κ3) is 6.59. The van der Waals surface area contributed by atoms with E-state index in [1.165, 1.54) is 4.88 Å².